The minimum absolute atomic E-state index is 0.0761. The van der Waals surface area contributed by atoms with E-state index in [4.69, 9.17) is 9.47 Å². The van der Waals surface area contributed by atoms with Crippen LogP contribution in [0.3, 0.4) is 0 Å². The van der Waals surface area contributed by atoms with Crippen molar-refractivity contribution >= 4 is 11.9 Å². The van der Waals surface area contributed by atoms with Gasteiger partial charge in [0.1, 0.15) is 6.61 Å². The molecule has 1 atom stereocenters. The molecule has 5 nitrogen and oxygen atoms in total. The van der Waals surface area contributed by atoms with Gasteiger partial charge in [-0.1, -0.05) is 282 Å². The number of allylic oxidation sites excluding steroid dienone is 24. The van der Waals surface area contributed by atoms with Gasteiger partial charge in [0, 0.05) is 12.8 Å². The van der Waals surface area contributed by atoms with Gasteiger partial charge >= 0.3 is 11.9 Å². The average Bonchev–Trinajstić information content (AvgIpc) is 3.42. The number of unbranched alkanes of at least 4 members (excludes halogenated alkanes) is 24. The summed E-state index contributed by atoms with van der Waals surface area (Å²) in [5.41, 5.74) is 0. The molecule has 76 heavy (non-hydrogen) atoms. The van der Waals surface area contributed by atoms with Crippen LogP contribution in [0.25, 0.3) is 0 Å². The number of rotatable bonds is 56. The molecule has 0 aliphatic carbocycles. The predicted octanol–water partition coefficient (Wildman–Crippen LogP) is 21.8. The first-order valence-electron chi connectivity index (χ1n) is 31.4. The standard InChI is InChI=1S/C71H116O5/c1-3-5-7-9-11-13-15-17-19-21-23-25-26-27-28-29-30-31-32-33-34-35-36-37-38-39-40-41-42-43-44-46-48-50-52-54-56-58-60-62-64-66-71(74)76-69(67-72)68-75-70(73)65-63-61-59-57-55-53-51-49-47-45-24-22-20-18-16-14-12-10-8-6-4-2/h5,7,11,13,16-19,22-25,27-28,30-31,33-34,36-37,39-40,42-43,69,72H,3-4,6,8-10,12,14-15,20-21,26,29,32,35,38,41,44-68H2,1-2H3/b7-5-,13-11-,18-16-,19-17-,24-22-,25-23-,28-27-,31-30-,34-33-,37-36-,40-39-,43-42-. The molecule has 430 valence electrons. The Balaban J connectivity index is 3.58. The zero-order valence-electron chi connectivity index (χ0n) is 49.2. The molecule has 0 rings (SSSR count). The van der Waals surface area contributed by atoms with E-state index in [2.05, 4.69) is 160 Å². The highest BCUT2D eigenvalue weighted by atomic mass is 16.6. The Labute approximate surface area is 469 Å². The number of hydrogen-bond acceptors (Lipinski definition) is 5. The third-order valence-corrected chi connectivity index (χ3v) is 13.1. The van der Waals surface area contributed by atoms with Crippen LogP contribution in [0.15, 0.2) is 146 Å². The highest BCUT2D eigenvalue weighted by molar-refractivity contribution is 5.70. The Hall–Kier alpha value is -4.22. The molecule has 5 heteroatoms. The topological polar surface area (TPSA) is 72.8 Å². The SMILES string of the molecule is CC/C=C\C/C=C\C/C=C\C/C=C\C/C=C\C/C=C\C/C=C\C/C=C\C/C=C\C/C=C\CCCCCCCCCCCCC(=O)OC(CO)COC(=O)CCCCCCCCCCC/C=C\C/C=C\CCCCCCC. The Morgan fingerprint density at radius 2 is 0.566 bits per heavy atom. The number of hydrogen-bond donors (Lipinski definition) is 1. The van der Waals surface area contributed by atoms with E-state index in [1.165, 1.54) is 135 Å². The van der Waals surface area contributed by atoms with Gasteiger partial charge in [-0.2, -0.15) is 0 Å². The summed E-state index contributed by atoms with van der Waals surface area (Å²) in [6.07, 6.45) is 98.3. The largest absolute Gasteiger partial charge is 0.462 e. The Bertz CT molecular complexity index is 1610. The van der Waals surface area contributed by atoms with E-state index >= 15 is 0 Å². The molecule has 0 aromatic rings. The van der Waals surface area contributed by atoms with Gasteiger partial charge in [-0.15, -0.1) is 0 Å². The molecule has 0 bridgehead atoms. The zero-order chi connectivity index (χ0) is 54.8. The van der Waals surface area contributed by atoms with Gasteiger partial charge in [-0.3, -0.25) is 9.59 Å². The van der Waals surface area contributed by atoms with Crippen LogP contribution in [-0.2, 0) is 19.1 Å². The predicted molar refractivity (Wildman–Crippen MR) is 334 cm³/mol. The van der Waals surface area contributed by atoms with Gasteiger partial charge in [0.15, 0.2) is 6.10 Å². The van der Waals surface area contributed by atoms with E-state index in [0.717, 1.165) is 109 Å². The summed E-state index contributed by atoms with van der Waals surface area (Å²) in [5.74, 6) is -0.603. The van der Waals surface area contributed by atoms with E-state index in [0.29, 0.717) is 12.8 Å². The summed E-state index contributed by atoms with van der Waals surface area (Å²) in [6.45, 7) is 4.02. The van der Waals surface area contributed by atoms with Crippen LogP contribution < -0.4 is 0 Å². The average molecular weight is 1050 g/mol. The van der Waals surface area contributed by atoms with Crippen LogP contribution in [0.2, 0.25) is 0 Å². The normalized spacial score (nSPS) is 13.2. The van der Waals surface area contributed by atoms with E-state index in [9.17, 15) is 14.7 Å². The van der Waals surface area contributed by atoms with Gasteiger partial charge < -0.3 is 14.6 Å². The number of carbonyl (C=O) groups excluding carboxylic acids is 2. The van der Waals surface area contributed by atoms with E-state index in [-0.39, 0.29) is 25.2 Å². The van der Waals surface area contributed by atoms with Crippen molar-refractivity contribution in [2.75, 3.05) is 13.2 Å². The fourth-order valence-corrected chi connectivity index (χ4v) is 8.44. The lowest BCUT2D eigenvalue weighted by molar-refractivity contribution is -0.161. The molecule has 1 N–H and O–H groups in total. The van der Waals surface area contributed by atoms with Crippen molar-refractivity contribution < 1.29 is 24.2 Å². The van der Waals surface area contributed by atoms with Gasteiger partial charge in [-0.25, -0.2) is 0 Å². The highest BCUT2D eigenvalue weighted by Gasteiger charge is 2.16. The summed E-state index contributed by atoms with van der Waals surface area (Å²) in [5, 5.41) is 9.67. The second-order valence-electron chi connectivity index (χ2n) is 20.4. The summed E-state index contributed by atoms with van der Waals surface area (Å²) in [6, 6.07) is 0. The third-order valence-electron chi connectivity index (χ3n) is 13.1. The fourth-order valence-electron chi connectivity index (χ4n) is 8.44. The van der Waals surface area contributed by atoms with Gasteiger partial charge in [-0.05, 0) is 122 Å². The molecule has 0 radical (unpaired) electrons. The van der Waals surface area contributed by atoms with Crippen LogP contribution in [-0.4, -0.2) is 36.4 Å². The maximum Gasteiger partial charge on any atom is 0.306 e. The molecule has 0 aliphatic heterocycles. The quantitative estimate of drug-likeness (QED) is 0.0373. The van der Waals surface area contributed by atoms with Crippen molar-refractivity contribution in [1.29, 1.82) is 0 Å². The maximum atomic E-state index is 12.3. The fraction of sp³-hybridized carbons (Fsp3) is 0.634. The molecule has 1 unspecified atom stereocenters. The van der Waals surface area contributed by atoms with Crippen LogP contribution in [0, 0.1) is 0 Å². The van der Waals surface area contributed by atoms with Gasteiger partial charge in [0.05, 0.1) is 6.61 Å². The molecular formula is C71H116O5. The smallest absolute Gasteiger partial charge is 0.306 e. The van der Waals surface area contributed by atoms with Crippen LogP contribution >= 0.6 is 0 Å². The van der Waals surface area contributed by atoms with Crippen molar-refractivity contribution in [3.05, 3.63) is 146 Å². The van der Waals surface area contributed by atoms with Crippen LogP contribution in [0.5, 0.6) is 0 Å². The molecule has 0 heterocycles. The molecule has 0 aliphatic rings. The van der Waals surface area contributed by atoms with Crippen molar-refractivity contribution in [2.45, 2.75) is 277 Å². The highest BCUT2D eigenvalue weighted by Crippen LogP contribution is 2.15. The number of ether oxygens (including phenoxy) is 2. The summed E-state index contributed by atoms with van der Waals surface area (Å²) < 4.78 is 10.7. The van der Waals surface area contributed by atoms with Crippen molar-refractivity contribution in [3.8, 4) is 0 Å². The van der Waals surface area contributed by atoms with Crippen molar-refractivity contribution in [2.24, 2.45) is 0 Å². The molecule has 0 fully saturated rings. The number of esters is 2. The molecule has 0 aromatic heterocycles. The minimum atomic E-state index is -0.786. The summed E-state index contributed by atoms with van der Waals surface area (Å²) >= 11 is 0. The lowest BCUT2D eigenvalue weighted by Gasteiger charge is -2.15. The zero-order valence-corrected chi connectivity index (χ0v) is 49.2. The lowest BCUT2D eigenvalue weighted by Crippen LogP contribution is -2.28. The maximum absolute atomic E-state index is 12.3. The molecule has 0 aromatic carbocycles. The third kappa shape index (κ3) is 62.3. The second-order valence-corrected chi connectivity index (χ2v) is 20.4. The molecular weight excluding hydrogens is 933 g/mol. The first kappa shape index (κ1) is 71.8. The van der Waals surface area contributed by atoms with E-state index < -0.39 is 6.10 Å². The molecule has 0 saturated heterocycles. The minimum Gasteiger partial charge on any atom is -0.462 e. The number of carbonyl (C=O) groups is 2. The molecule has 0 amide bonds. The number of aliphatic hydroxyl groups excluding tert-OH is 1. The van der Waals surface area contributed by atoms with Crippen molar-refractivity contribution in [3.63, 3.8) is 0 Å². The first-order chi connectivity index (χ1) is 37.6. The second kappa shape index (κ2) is 65.1. The van der Waals surface area contributed by atoms with Gasteiger partial charge in [0.2, 0.25) is 0 Å². The molecule has 0 spiro atoms. The van der Waals surface area contributed by atoms with Crippen molar-refractivity contribution in [1.82, 2.24) is 0 Å². The Morgan fingerprint density at radius 1 is 0.316 bits per heavy atom. The molecule has 0 saturated carbocycles. The van der Waals surface area contributed by atoms with E-state index in [1.807, 2.05) is 0 Å². The van der Waals surface area contributed by atoms with Crippen LogP contribution in [0.1, 0.15) is 271 Å². The summed E-state index contributed by atoms with van der Waals surface area (Å²) in [7, 11) is 0. The van der Waals surface area contributed by atoms with Crippen LogP contribution in [0.4, 0.5) is 0 Å². The first-order valence-corrected chi connectivity index (χ1v) is 31.4. The lowest BCUT2D eigenvalue weighted by atomic mass is 10.0. The number of aliphatic hydroxyl groups is 1. The Kier molecular flexibility index (Phi) is 61.5. The monoisotopic (exact) mass is 1050 g/mol. The summed E-state index contributed by atoms with van der Waals surface area (Å²) in [4.78, 5) is 24.6. The Morgan fingerprint density at radius 3 is 0.855 bits per heavy atom. The van der Waals surface area contributed by atoms with E-state index in [1.54, 1.807) is 0 Å². The van der Waals surface area contributed by atoms with Gasteiger partial charge in [0.25, 0.3) is 0 Å².